The maximum Gasteiger partial charge on any atom is 0.159 e. The smallest absolute Gasteiger partial charge is 0.159 e. The van der Waals surface area contributed by atoms with Crippen LogP contribution in [0.15, 0.2) is 18.2 Å². The molecular formula is C18H27NO4. The lowest BCUT2D eigenvalue weighted by Crippen LogP contribution is -2.33. The number of aliphatic hydroxyl groups excluding tert-OH is 1. The highest BCUT2D eigenvalue weighted by atomic mass is 16.5. The predicted octanol–water partition coefficient (Wildman–Crippen LogP) is 2.26. The number of rotatable bonds is 9. The highest BCUT2D eigenvalue weighted by Gasteiger charge is 2.17. The molecule has 1 heterocycles. The van der Waals surface area contributed by atoms with Crippen molar-refractivity contribution >= 4 is 5.78 Å². The summed E-state index contributed by atoms with van der Waals surface area (Å²) in [6.45, 7) is 7.47. The number of ketones is 1. The van der Waals surface area contributed by atoms with Gasteiger partial charge in [-0.3, -0.25) is 4.79 Å². The van der Waals surface area contributed by atoms with Crippen LogP contribution < -0.4 is 4.74 Å². The van der Waals surface area contributed by atoms with Gasteiger partial charge in [0.05, 0.1) is 6.61 Å². The first kappa shape index (κ1) is 17.9. The molecule has 0 radical (unpaired) electrons. The SMILES string of the molecule is CCOCc1cc(C(C)=O)ccc1OCC(O)CN1CCCC1. The van der Waals surface area contributed by atoms with Crippen LogP contribution in [0.2, 0.25) is 0 Å². The van der Waals surface area contributed by atoms with Crippen LogP contribution in [0.1, 0.15) is 42.6 Å². The molecule has 128 valence electrons. The molecule has 0 saturated carbocycles. The summed E-state index contributed by atoms with van der Waals surface area (Å²) in [6, 6.07) is 5.34. The average molecular weight is 321 g/mol. The first-order valence-corrected chi connectivity index (χ1v) is 8.35. The number of aliphatic hydroxyl groups is 1. The number of hydrogen-bond acceptors (Lipinski definition) is 5. The van der Waals surface area contributed by atoms with Crippen LogP contribution >= 0.6 is 0 Å². The fourth-order valence-electron chi connectivity index (χ4n) is 2.77. The molecule has 1 saturated heterocycles. The van der Waals surface area contributed by atoms with Gasteiger partial charge in [-0.2, -0.15) is 0 Å². The number of hydrogen-bond donors (Lipinski definition) is 1. The van der Waals surface area contributed by atoms with Crippen LogP contribution in [0.4, 0.5) is 0 Å². The number of carbonyl (C=O) groups excluding carboxylic acids is 1. The Morgan fingerprint density at radius 1 is 1.35 bits per heavy atom. The van der Waals surface area contributed by atoms with Crippen molar-refractivity contribution in [1.29, 1.82) is 0 Å². The topological polar surface area (TPSA) is 59.0 Å². The van der Waals surface area contributed by atoms with E-state index < -0.39 is 6.10 Å². The Bertz CT molecular complexity index is 512. The standard InChI is InChI=1S/C18H27NO4/c1-3-22-12-16-10-15(14(2)20)6-7-18(16)23-13-17(21)11-19-8-4-5-9-19/h6-7,10,17,21H,3-5,8-9,11-13H2,1-2H3. The molecule has 1 N–H and O–H groups in total. The number of nitrogens with zero attached hydrogens (tertiary/aromatic N) is 1. The van der Waals surface area contributed by atoms with Crippen LogP contribution in [-0.2, 0) is 11.3 Å². The molecule has 5 nitrogen and oxygen atoms in total. The summed E-state index contributed by atoms with van der Waals surface area (Å²) >= 11 is 0. The molecule has 0 spiro atoms. The van der Waals surface area contributed by atoms with E-state index in [-0.39, 0.29) is 12.4 Å². The molecule has 0 aromatic heterocycles. The van der Waals surface area contributed by atoms with Crippen molar-refractivity contribution in [2.24, 2.45) is 0 Å². The van der Waals surface area contributed by atoms with Gasteiger partial charge in [0.1, 0.15) is 18.5 Å². The summed E-state index contributed by atoms with van der Waals surface area (Å²) in [6.07, 6.45) is 1.90. The third-order valence-corrected chi connectivity index (χ3v) is 4.03. The molecule has 1 aromatic carbocycles. The summed E-state index contributed by atoms with van der Waals surface area (Å²) < 4.78 is 11.2. The van der Waals surface area contributed by atoms with Crippen LogP contribution in [0.25, 0.3) is 0 Å². The Balaban J connectivity index is 1.95. The van der Waals surface area contributed by atoms with Gasteiger partial charge in [-0.15, -0.1) is 0 Å². The quantitative estimate of drug-likeness (QED) is 0.707. The van der Waals surface area contributed by atoms with Crippen molar-refractivity contribution < 1.29 is 19.4 Å². The molecule has 1 atom stereocenters. The number of ether oxygens (including phenoxy) is 2. The van der Waals surface area contributed by atoms with E-state index in [0.717, 1.165) is 18.7 Å². The number of β-amino-alcohol motifs (C(OH)–C–C–N with tert-alkyl or cyclic N) is 1. The summed E-state index contributed by atoms with van der Waals surface area (Å²) in [5, 5.41) is 10.1. The molecule has 5 heteroatoms. The van der Waals surface area contributed by atoms with E-state index in [1.807, 2.05) is 6.92 Å². The largest absolute Gasteiger partial charge is 0.490 e. The minimum atomic E-state index is -0.513. The third kappa shape index (κ3) is 5.61. The van der Waals surface area contributed by atoms with Gasteiger partial charge in [-0.25, -0.2) is 0 Å². The summed E-state index contributed by atoms with van der Waals surface area (Å²) in [7, 11) is 0. The molecule has 1 fully saturated rings. The lowest BCUT2D eigenvalue weighted by molar-refractivity contribution is 0.0733. The zero-order valence-electron chi connectivity index (χ0n) is 14.1. The van der Waals surface area contributed by atoms with Crippen molar-refractivity contribution in [3.8, 4) is 5.75 Å². The number of carbonyl (C=O) groups is 1. The Morgan fingerprint density at radius 3 is 2.74 bits per heavy atom. The van der Waals surface area contributed by atoms with Crippen LogP contribution in [-0.4, -0.2) is 54.7 Å². The first-order chi connectivity index (χ1) is 11.1. The Hall–Kier alpha value is -1.43. The van der Waals surface area contributed by atoms with Crippen LogP contribution in [0.3, 0.4) is 0 Å². The molecular weight excluding hydrogens is 294 g/mol. The molecule has 1 aliphatic heterocycles. The van der Waals surface area contributed by atoms with Crippen LogP contribution in [0, 0.1) is 0 Å². The molecule has 1 aromatic rings. The first-order valence-electron chi connectivity index (χ1n) is 8.35. The predicted molar refractivity (Wildman–Crippen MR) is 89.0 cm³/mol. The lowest BCUT2D eigenvalue weighted by atomic mass is 10.1. The van der Waals surface area contributed by atoms with Crippen molar-refractivity contribution in [2.45, 2.75) is 39.4 Å². The highest BCUT2D eigenvalue weighted by molar-refractivity contribution is 5.94. The number of benzene rings is 1. The zero-order valence-corrected chi connectivity index (χ0v) is 14.1. The van der Waals surface area contributed by atoms with E-state index in [9.17, 15) is 9.90 Å². The lowest BCUT2D eigenvalue weighted by Gasteiger charge is -2.20. The van der Waals surface area contributed by atoms with Gasteiger partial charge < -0.3 is 19.5 Å². The van der Waals surface area contributed by atoms with E-state index in [4.69, 9.17) is 9.47 Å². The van der Waals surface area contributed by atoms with Gasteiger partial charge in [0.2, 0.25) is 0 Å². The summed E-state index contributed by atoms with van der Waals surface area (Å²) in [5.74, 6) is 0.687. The van der Waals surface area contributed by atoms with Crippen molar-refractivity contribution in [3.63, 3.8) is 0 Å². The Labute approximate surface area is 138 Å². The average Bonchev–Trinajstić information content (AvgIpc) is 3.04. The normalized spacial score (nSPS) is 16.5. The summed E-state index contributed by atoms with van der Waals surface area (Å²) in [5.41, 5.74) is 1.48. The second kappa shape index (κ2) is 9.01. The maximum absolute atomic E-state index is 11.5. The van der Waals surface area contributed by atoms with Crippen molar-refractivity contribution in [2.75, 3.05) is 32.8 Å². The highest BCUT2D eigenvalue weighted by Crippen LogP contribution is 2.22. The number of Topliss-reactive ketones (excluding diaryl/α,β-unsaturated/α-hetero) is 1. The maximum atomic E-state index is 11.5. The van der Waals surface area contributed by atoms with E-state index in [1.165, 1.54) is 12.8 Å². The van der Waals surface area contributed by atoms with Gasteiger partial charge in [0, 0.05) is 24.3 Å². The van der Waals surface area contributed by atoms with E-state index >= 15 is 0 Å². The Kier molecular flexibility index (Phi) is 7.02. The molecule has 1 aliphatic rings. The molecule has 0 amide bonds. The minimum Gasteiger partial charge on any atom is -0.490 e. The Morgan fingerprint density at radius 2 is 2.09 bits per heavy atom. The van der Waals surface area contributed by atoms with E-state index in [2.05, 4.69) is 4.90 Å². The summed E-state index contributed by atoms with van der Waals surface area (Å²) in [4.78, 5) is 13.8. The number of likely N-dealkylation sites (tertiary alicyclic amines) is 1. The molecule has 2 rings (SSSR count). The van der Waals surface area contributed by atoms with Crippen LogP contribution in [0.5, 0.6) is 5.75 Å². The van der Waals surface area contributed by atoms with Crippen molar-refractivity contribution in [1.82, 2.24) is 4.90 Å². The van der Waals surface area contributed by atoms with E-state index in [1.54, 1.807) is 25.1 Å². The van der Waals surface area contributed by atoms with Gasteiger partial charge in [-0.1, -0.05) is 0 Å². The third-order valence-electron chi connectivity index (χ3n) is 4.03. The fourth-order valence-corrected chi connectivity index (χ4v) is 2.77. The minimum absolute atomic E-state index is 0.0170. The van der Waals surface area contributed by atoms with Gasteiger partial charge in [0.15, 0.2) is 5.78 Å². The fraction of sp³-hybridized carbons (Fsp3) is 0.611. The van der Waals surface area contributed by atoms with E-state index in [0.29, 0.717) is 31.1 Å². The van der Waals surface area contributed by atoms with Crippen molar-refractivity contribution in [3.05, 3.63) is 29.3 Å². The van der Waals surface area contributed by atoms with Gasteiger partial charge >= 0.3 is 0 Å². The molecule has 0 aliphatic carbocycles. The zero-order chi connectivity index (χ0) is 16.7. The molecule has 23 heavy (non-hydrogen) atoms. The molecule has 1 unspecified atom stereocenters. The second-order valence-corrected chi connectivity index (χ2v) is 5.99. The van der Waals surface area contributed by atoms with Gasteiger partial charge in [0.25, 0.3) is 0 Å². The second-order valence-electron chi connectivity index (χ2n) is 5.99. The molecule has 0 bridgehead atoms. The van der Waals surface area contributed by atoms with Gasteiger partial charge in [-0.05, 0) is 58.0 Å². The monoisotopic (exact) mass is 321 g/mol.